The largest absolute Gasteiger partial charge is 0.326 e. The summed E-state index contributed by atoms with van der Waals surface area (Å²) in [6.45, 7) is 4.64. The smallest absolute Gasteiger partial charge is 0.288 e. The summed E-state index contributed by atoms with van der Waals surface area (Å²) >= 11 is 0.487. The molecule has 0 heterocycles. The highest BCUT2D eigenvalue weighted by molar-refractivity contribution is 7.99. The van der Waals surface area contributed by atoms with Crippen LogP contribution in [0.25, 0.3) is 0 Å². The van der Waals surface area contributed by atoms with Crippen molar-refractivity contribution in [2.24, 2.45) is 0 Å². The van der Waals surface area contributed by atoms with Crippen LogP contribution < -0.4 is 10.6 Å². The Kier molecular flexibility index (Phi) is 6.80. The van der Waals surface area contributed by atoms with E-state index >= 15 is 0 Å². The molecule has 0 saturated carbocycles. The predicted octanol–water partition coefficient (Wildman–Crippen LogP) is 3.33. The number of anilines is 1. The Morgan fingerprint density at radius 3 is 2.42 bits per heavy atom. The summed E-state index contributed by atoms with van der Waals surface area (Å²) in [6, 6.07) is 6.73. The number of rotatable bonds is 7. The van der Waals surface area contributed by atoms with Gasteiger partial charge in [0, 0.05) is 29.6 Å². The Labute approximate surface area is 116 Å². The maximum atomic E-state index is 12.1. The standard InChI is InChI=1S/C13H18F2N2OS/c1-9(2)16-8-7-12(18)17-10-3-5-11(6-4-10)19-13(14)15/h3-6,9,13,16H,7-8H2,1-2H3,(H,17,18). The molecule has 0 bridgehead atoms. The summed E-state index contributed by atoms with van der Waals surface area (Å²) in [6.07, 6.45) is 0.381. The number of benzene rings is 1. The van der Waals surface area contributed by atoms with E-state index in [1.165, 1.54) is 0 Å². The number of hydrogen-bond acceptors (Lipinski definition) is 3. The van der Waals surface area contributed by atoms with Crippen LogP contribution in [0.15, 0.2) is 29.2 Å². The zero-order valence-electron chi connectivity index (χ0n) is 11.0. The number of nitrogens with one attached hydrogen (secondary N) is 2. The van der Waals surface area contributed by atoms with E-state index in [1.54, 1.807) is 24.3 Å². The number of alkyl halides is 2. The van der Waals surface area contributed by atoms with Gasteiger partial charge in [0.05, 0.1) is 0 Å². The number of amides is 1. The maximum absolute atomic E-state index is 12.1. The number of carbonyl (C=O) groups is 1. The van der Waals surface area contributed by atoms with Gasteiger partial charge < -0.3 is 10.6 Å². The molecule has 6 heteroatoms. The van der Waals surface area contributed by atoms with E-state index in [0.29, 0.717) is 41.4 Å². The van der Waals surface area contributed by atoms with Crippen molar-refractivity contribution >= 4 is 23.4 Å². The molecule has 19 heavy (non-hydrogen) atoms. The van der Waals surface area contributed by atoms with E-state index < -0.39 is 5.76 Å². The third-order valence-electron chi connectivity index (χ3n) is 2.27. The molecule has 106 valence electrons. The number of halogens is 2. The van der Waals surface area contributed by atoms with E-state index in [9.17, 15) is 13.6 Å². The Morgan fingerprint density at radius 1 is 1.26 bits per heavy atom. The minimum absolute atomic E-state index is 0.0950. The molecular weight excluding hydrogens is 270 g/mol. The van der Waals surface area contributed by atoms with Gasteiger partial charge in [-0.3, -0.25) is 4.79 Å². The summed E-state index contributed by atoms with van der Waals surface area (Å²) < 4.78 is 24.2. The summed E-state index contributed by atoms with van der Waals surface area (Å²) in [7, 11) is 0. The van der Waals surface area contributed by atoms with Crippen LogP contribution in [0.2, 0.25) is 0 Å². The molecule has 0 radical (unpaired) electrons. The first-order valence-corrected chi connectivity index (χ1v) is 6.93. The van der Waals surface area contributed by atoms with Crippen LogP contribution >= 0.6 is 11.8 Å². The van der Waals surface area contributed by atoms with E-state index in [0.717, 1.165) is 0 Å². The summed E-state index contributed by atoms with van der Waals surface area (Å²) in [5.41, 5.74) is 0.619. The fourth-order valence-corrected chi connectivity index (χ4v) is 1.92. The van der Waals surface area contributed by atoms with Gasteiger partial charge in [0.15, 0.2) is 0 Å². The molecule has 0 spiro atoms. The van der Waals surface area contributed by atoms with Gasteiger partial charge in [0.1, 0.15) is 0 Å². The van der Waals surface area contributed by atoms with Crippen LogP contribution in [0.4, 0.5) is 14.5 Å². The molecule has 0 saturated heterocycles. The minimum Gasteiger partial charge on any atom is -0.326 e. The molecule has 3 nitrogen and oxygen atoms in total. The molecule has 1 rings (SSSR count). The fraction of sp³-hybridized carbons (Fsp3) is 0.462. The van der Waals surface area contributed by atoms with Crippen molar-refractivity contribution in [3.63, 3.8) is 0 Å². The van der Waals surface area contributed by atoms with E-state index in [1.807, 2.05) is 13.8 Å². The third kappa shape index (κ3) is 7.12. The van der Waals surface area contributed by atoms with Crippen molar-refractivity contribution in [1.82, 2.24) is 5.32 Å². The molecule has 1 aromatic carbocycles. The molecule has 2 N–H and O–H groups in total. The van der Waals surface area contributed by atoms with Crippen LogP contribution in [0.1, 0.15) is 20.3 Å². The first-order valence-electron chi connectivity index (χ1n) is 6.05. The normalized spacial score (nSPS) is 11.1. The third-order valence-corrected chi connectivity index (χ3v) is 2.99. The van der Waals surface area contributed by atoms with Crippen LogP contribution in [0.3, 0.4) is 0 Å². The molecule has 0 unspecified atom stereocenters. The van der Waals surface area contributed by atoms with Crippen LogP contribution in [-0.2, 0) is 4.79 Å². The molecule has 0 atom stereocenters. The van der Waals surface area contributed by atoms with Gasteiger partial charge in [-0.25, -0.2) is 0 Å². The molecular formula is C13H18F2N2OS. The molecule has 0 aliphatic heterocycles. The average Bonchev–Trinajstić information content (AvgIpc) is 2.30. The zero-order chi connectivity index (χ0) is 14.3. The van der Waals surface area contributed by atoms with Crippen molar-refractivity contribution in [3.8, 4) is 0 Å². The zero-order valence-corrected chi connectivity index (χ0v) is 11.8. The second-order valence-corrected chi connectivity index (χ2v) is 5.37. The van der Waals surface area contributed by atoms with Gasteiger partial charge in [-0.1, -0.05) is 25.6 Å². The van der Waals surface area contributed by atoms with Crippen molar-refractivity contribution in [2.75, 3.05) is 11.9 Å². The SMILES string of the molecule is CC(C)NCCC(=O)Nc1ccc(SC(F)F)cc1. The van der Waals surface area contributed by atoms with Crippen molar-refractivity contribution in [3.05, 3.63) is 24.3 Å². The molecule has 1 amide bonds. The van der Waals surface area contributed by atoms with Gasteiger partial charge in [-0.05, 0) is 24.3 Å². The molecule has 0 fully saturated rings. The summed E-state index contributed by atoms with van der Waals surface area (Å²) in [4.78, 5) is 12.1. The predicted molar refractivity (Wildman–Crippen MR) is 74.7 cm³/mol. The van der Waals surface area contributed by atoms with Gasteiger partial charge in [0.25, 0.3) is 5.76 Å². The summed E-state index contributed by atoms with van der Waals surface area (Å²) in [5, 5.41) is 5.87. The van der Waals surface area contributed by atoms with Crippen molar-refractivity contribution in [2.45, 2.75) is 37.0 Å². The summed E-state index contributed by atoms with van der Waals surface area (Å²) in [5.74, 6) is -2.52. The van der Waals surface area contributed by atoms with Gasteiger partial charge in [-0.15, -0.1) is 0 Å². The lowest BCUT2D eigenvalue weighted by Gasteiger charge is -2.09. The molecule has 0 aliphatic rings. The lowest BCUT2D eigenvalue weighted by molar-refractivity contribution is -0.116. The monoisotopic (exact) mass is 288 g/mol. The highest BCUT2D eigenvalue weighted by atomic mass is 32.2. The van der Waals surface area contributed by atoms with Crippen LogP contribution in [0.5, 0.6) is 0 Å². The highest BCUT2D eigenvalue weighted by Crippen LogP contribution is 2.26. The number of hydrogen-bond donors (Lipinski definition) is 2. The lowest BCUT2D eigenvalue weighted by Crippen LogP contribution is -2.27. The van der Waals surface area contributed by atoms with E-state index in [2.05, 4.69) is 10.6 Å². The topological polar surface area (TPSA) is 41.1 Å². The first kappa shape index (κ1) is 15.9. The second-order valence-electron chi connectivity index (χ2n) is 4.31. The first-order chi connectivity index (χ1) is 8.97. The average molecular weight is 288 g/mol. The quantitative estimate of drug-likeness (QED) is 0.756. The Hall–Kier alpha value is -1.14. The van der Waals surface area contributed by atoms with Gasteiger partial charge >= 0.3 is 0 Å². The lowest BCUT2D eigenvalue weighted by atomic mass is 10.3. The van der Waals surface area contributed by atoms with Gasteiger partial charge in [0.2, 0.25) is 5.91 Å². The number of thioether (sulfide) groups is 1. The fourth-order valence-electron chi connectivity index (χ4n) is 1.42. The Balaban J connectivity index is 2.38. The maximum Gasteiger partial charge on any atom is 0.288 e. The van der Waals surface area contributed by atoms with E-state index in [-0.39, 0.29) is 5.91 Å². The van der Waals surface area contributed by atoms with Gasteiger partial charge in [-0.2, -0.15) is 8.78 Å². The minimum atomic E-state index is -2.43. The molecule has 0 aliphatic carbocycles. The Bertz CT molecular complexity index is 396. The number of carbonyl (C=O) groups excluding carboxylic acids is 1. The van der Waals surface area contributed by atoms with Crippen molar-refractivity contribution in [1.29, 1.82) is 0 Å². The highest BCUT2D eigenvalue weighted by Gasteiger charge is 2.06. The van der Waals surface area contributed by atoms with E-state index in [4.69, 9.17) is 0 Å². The van der Waals surface area contributed by atoms with Crippen LogP contribution in [-0.4, -0.2) is 24.3 Å². The molecule has 0 aromatic heterocycles. The molecule has 1 aromatic rings. The van der Waals surface area contributed by atoms with Crippen molar-refractivity contribution < 1.29 is 13.6 Å². The Morgan fingerprint density at radius 2 is 1.89 bits per heavy atom. The van der Waals surface area contributed by atoms with Crippen LogP contribution in [0, 0.1) is 0 Å². The second kappa shape index (κ2) is 8.12.